The van der Waals surface area contributed by atoms with Crippen molar-refractivity contribution in [1.82, 2.24) is 9.97 Å². The number of aromatic nitrogens is 2. The second-order valence-electron chi connectivity index (χ2n) is 3.28. The smallest absolute Gasteiger partial charge is 0.357 e. The first-order valence-corrected chi connectivity index (χ1v) is 5.61. The minimum atomic E-state index is -0.480. The van der Waals surface area contributed by atoms with Crippen LogP contribution in [0.5, 0.6) is 0 Å². The molecule has 0 amide bonds. The Kier molecular flexibility index (Phi) is 3.14. The van der Waals surface area contributed by atoms with Crippen LogP contribution in [0.25, 0.3) is 10.7 Å². The van der Waals surface area contributed by atoms with Crippen LogP contribution in [0.1, 0.15) is 15.4 Å². The number of carbonyl (C=O) groups excluding carboxylic acids is 1. The Morgan fingerprint density at radius 3 is 2.82 bits per heavy atom. The number of ether oxygens (including phenoxy) is 1. The molecular weight excluding hydrogens is 243 g/mol. The number of hydrogen-bond donors (Lipinski definition) is 0. The highest BCUT2D eigenvalue weighted by molar-refractivity contribution is 7.15. The molecule has 0 aliphatic rings. The molecule has 0 aliphatic heterocycles. The Morgan fingerprint density at radius 1 is 1.47 bits per heavy atom. The van der Waals surface area contributed by atoms with Crippen LogP contribution in [0.2, 0.25) is 0 Å². The zero-order valence-electron chi connectivity index (χ0n) is 9.23. The Hall–Kier alpha value is -1.82. The summed E-state index contributed by atoms with van der Waals surface area (Å²) < 4.78 is 17.3. The van der Waals surface area contributed by atoms with Gasteiger partial charge in [-0.2, -0.15) is 0 Å². The molecule has 0 atom stereocenters. The van der Waals surface area contributed by atoms with Crippen molar-refractivity contribution in [3.05, 3.63) is 34.7 Å². The number of esters is 1. The molecule has 2 aromatic rings. The average molecular weight is 252 g/mol. The highest BCUT2D eigenvalue weighted by Gasteiger charge is 2.17. The van der Waals surface area contributed by atoms with E-state index in [-0.39, 0.29) is 5.69 Å². The summed E-state index contributed by atoms with van der Waals surface area (Å²) in [6.45, 7) is 1.77. The predicted octanol–water partition coefficient (Wildman–Crippen LogP) is 2.44. The van der Waals surface area contributed by atoms with Gasteiger partial charge in [-0.1, -0.05) is 0 Å². The normalized spacial score (nSPS) is 10.3. The van der Waals surface area contributed by atoms with Crippen LogP contribution in [-0.2, 0) is 4.74 Å². The molecule has 0 saturated heterocycles. The molecule has 0 fully saturated rings. The SMILES string of the molecule is COC(=O)c1nc(-c2ccc(F)cn2)sc1C. The Balaban J connectivity index is 2.41. The third-order valence-electron chi connectivity index (χ3n) is 2.12. The van der Waals surface area contributed by atoms with Crippen LogP contribution in [0.4, 0.5) is 4.39 Å². The van der Waals surface area contributed by atoms with Crippen molar-refractivity contribution < 1.29 is 13.9 Å². The van der Waals surface area contributed by atoms with E-state index in [2.05, 4.69) is 14.7 Å². The average Bonchev–Trinajstić information content (AvgIpc) is 2.71. The fraction of sp³-hybridized carbons (Fsp3) is 0.182. The molecule has 0 saturated carbocycles. The molecule has 0 radical (unpaired) electrons. The zero-order valence-corrected chi connectivity index (χ0v) is 10.0. The molecule has 2 heterocycles. The maximum Gasteiger partial charge on any atom is 0.357 e. The van der Waals surface area contributed by atoms with Gasteiger partial charge in [-0.15, -0.1) is 11.3 Å². The van der Waals surface area contributed by atoms with Gasteiger partial charge in [0.15, 0.2) is 5.69 Å². The Bertz CT molecular complexity index is 551. The van der Waals surface area contributed by atoms with Gasteiger partial charge in [0.05, 0.1) is 19.0 Å². The van der Waals surface area contributed by atoms with E-state index in [0.29, 0.717) is 10.7 Å². The minimum Gasteiger partial charge on any atom is -0.464 e. The van der Waals surface area contributed by atoms with Gasteiger partial charge in [-0.25, -0.2) is 14.2 Å². The second kappa shape index (κ2) is 4.58. The fourth-order valence-electron chi connectivity index (χ4n) is 1.29. The number of aryl methyl sites for hydroxylation is 1. The van der Waals surface area contributed by atoms with Gasteiger partial charge in [0.25, 0.3) is 0 Å². The zero-order chi connectivity index (χ0) is 12.4. The molecule has 0 aromatic carbocycles. The van der Waals surface area contributed by atoms with Crippen molar-refractivity contribution in [3.63, 3.8) is 0 Å². The van der Waals surface area contributed by atoms with E-state index in [0.717, 1.165) is 11.1 Å². The van der Waals surface area contributed by atoms with Gasteiger partial charge in [0, 0.05) is 4.88 Å². The van der Waals surface area contributed by atoms with Crippen molar-refractivity contribution in [2.75, 3.05) is 7.11 Å². The monoisotopic (exact) mass is 252 g/mol. The Morgan fingerprint density at radius 2 is 2.24 bits per heavy atom. The highest BCUT2D eigenvalue weighted by Crippen LogP contribution is 2.26. The van der Waals surface area contributed by atoms with Crippen LogP contribution in [0.3, 0.4) is 0 Å². The van der Waals surface area contributed by atoms with Crippen molar-refractivity contribution in [3.8, 4) is 10.7 Å². The summed E-state index contributed by atoms with van der Waals surface area (Å²) in [4.78, 5) is 20.2. The lowest BCUT2D eigenvalue weighted by molar-refractivity contribution is 0.0594. The molecule has 0 aliphatic carbocycles. The topological polar surface area (TPSA) is 52.1 Å². The van der Waals surface area contributed by atoms with Crippen LogP contribution in [-0.4, -0.2) is 23.0 Å². The van der Waals surface area contributed by atoms with Gasteiger partial charge < -0.3 is 4.74 Å². The number of nitrogens with zero attached hydrogens (tertiary/aromatic N) is 2. The maximum atomic E-state index is 12.7. The van der Waals surface area contributed by atoms with Crippen LogP contribution in [0.15, 0.2) is 18.3 Å². The van der Waals surface area contributed by atoms with E-state index in [1.54, 1.807) is 6.92 Å². The number of carbonyl (C=O) groups is 1. The molecule has 2 rings (SSSR count). The number of pyridine rings is 1. The summed E-state index contributed by atoms with van der Waals surface area (Å²) in [5.41, 5.74) is 0.813. The van der Waals surface area contributed by atoms with E-state index in [1.807, 2.05) is 0 Å². The van der Waals surface area contributed by atoms with Crippen LogP contribution in [0, 0.1) is 12.7 Å². The largest absolute Gasteiger partial charge is 0.464 e. The summed E-state index contributed by atoms with van der Waals surface area (Å²) in [6.07, 6.45) is 1.11. The van der Waals surface area contributed by atoms with Crippen LogP contribution >= 0.6 is 11.3 Å². The number of halogens is 1. The lowest BCUT2D eigenvalue weighted by Gasteiger charge is -1.94. The molecule has 17 heavy (non-hydrogen) atoms. The number of methoxy groups -OCH3 is 1. The van der Waals surface area contributed by atoms with Crippen molar-refractivity contribution in [2.45, 2.75) is 6.92 Å². The molecule has 2 aromatic heterocycles. The van der Waals surface area contributed by atoms with Gasteiger partial charge in [0.2, 0.25) is 0 Å². The number of thiazole rings is 1. The second-order valence-corrected chi connectivity index (χ2v) is 4.48. The third-order valence-corrected chi connectivity index (χ3v) is 3.12. The quantitative estimate of drug-likeness (QED) is 0.770. The maximum absolute atomic E-state index is 12.7. The summed E-state index contributed by atoms with van der Waals surface area (Å²) in [5.74, 6) is -0.887. The fourth-order valence-corrected chi connectivity index (χ4v) is 2.17. The summed E-state index contributed by atoms with van der Waals surface area (Å²) in [6, 6.07) is 2.82. The highest BCUT2D eigenvalue weighted by atomic mass is 32.1. The molecule has 0 unspecified atom stereocenters. The van der Waals surface area contributed by atoms with E-state index in [4.69, 9.17) is 0 Å². The molecule has 0 spiro atoms. The van der Waals surface area contributed by atoms with Gasteiger partial charge in [-0.3, -0.25) is 4.98 Å². The van der Waals surface area contributed by atoms with E-state index in [1.165, 1.54) is 30.6 Å². The number of hydrogen-bond acceptors (Lipinski definition) is 5. The summed E-state index contributed by atoms with van der Waals surface area (Å²) in [7, 11) is 1.30. The molecule has 0 bridgehead atoms. The van der Waals surface area contributed by atoms with E-state index < -0.39 is 11.8 Å². The standard InChI is InChI=1S/C11H9FN2O2S/c1-6-9(11(15)16-2)14-10(17-6)8-4-3-7(12)5-13-8/h3-5H,1-2H3. The predicted molar refractivity (Wildman–Crippen MR) is 61.4 cm³/mol. The van der Waals surface area contributed by atoms with Gasteiger partial charge >= 0.3 is 5.97 Å². The molecule has 88 valence electrons. The lowest BCUT2D eigenvalue weighted by Crippen LogP contribution is -2.03. The van der Waals surface area contributed by atoms with E-state index in [9.17, 15) is 9.18 Å². The van der Waals surface area contributed by atoms with Gasteiger partial charge in [-0.05, 0) is 19.1 Å². The molecule has 4 nitrogen and oxygen atoms in total. The van der Waals surface area contributed by atoms with Crippen molar-refractivity contribution in [1.29, 1.82) is 0 Å². The van der Waals surface area contributed by atoms with Crippen molar-refractivity contribution >= 4 is 17.3 Å². The molecule has 6 heteroatoms. The summed E-state index contributed by atoms with van der Waals surface area (Å²) in [5, 5.41) is 0.572. The molecular formula is C11H9FN2O2S. The summed E-state index contributed by atoms with van der Waals surface area (Å²) >= 11 is 1.32. The first-order valence-electron chi connectivity index (χ1n) is 4.79. The van der Waals surface area contributed by atoms with Gasteiger partial charge in [0.1, 0.15) is 10.8 Å². The first-order chi connectivity index (χ1) is 8.11. The van der Waals surface area contributed by atoms with Crippen molar-refractivity contribution in [2.24, 2.45) is 0 Å². The first kappa shape index (κ1) is 11.7. The van der Waals surface area contributed by atoms with Crippen LogP contribution < -0.4 is 0 Å². The minimum absolute atomic E-state index is 0.277. The molecule has 0 N–H and O–H groups in total. The third kappa shape index (κ3) is 2.31. The number of rotatable bonds is 2. The Labute approximate surface area is 101 Å². The van der Waals surface area contributed by atoms with E-state index >= 15 is 0 Å². The lowest BCUT2D eigenvalue weighted by atomic mass is 10.3.